The number of carbonyl (C=O) groups excluding carboxylic acids is 1. The molecule has 2 heteroatoms. The fraction of sp³-hybridized carbons (Fsp3) is 0.900. The largest absolute Gasteiger partial charge is 0.393 e. The summed E-state index contributed by atoms with van der Waals surface area (Å²) in [5.74, 6) is 0.0741. The SMILES string of the molecule is CC(O)C(C)C1(C=O)CC1(C)C. The summed E-state index contributed by atoms with van der Waals surface area (Å²) in [7, 11) is 0. The van der Waals surface area contributed by atoms with E-state index >= 15 is 0 Å². The lowest BCUT2D eigenvalue weighted by molar-refractivity contribution is -0.116. The highest BCUT2D eigenvalue weighted by Gasteiger charge is 2.64. The Labute approximate surface area is 74.0 Å². The highest BCUT2D eigenvalue weighted by Crippen LogP contribution is 2.66. The molecule has 0 aromatic carbocycles. The Bertz CT molecular complexity index is 196. The highest BCUT2D eigenvalue weighted by molar-refractivity contribution is 5.67. The minimum atomic E-state index is -0.392. The fourth-order valence-corrected chi connectivity index (χ4v) is 2.20. The first-order valence-electron chi connectivity index (χ1n) is 4.52. The number of carbonyl (C=O) groups is 1. The molecule has 0 radical (unpaired) electrons. The van der Waals surface area contributed by atoms with Gasteiger partial charge in [0.05, 0.1) is 6.10 Å². The molecule has 70 valence electrons. The second-order valence-electron chi connectivity index (χ2n) is 4.75. The maximum absolute atomic E-state index is 10.9. The van der Waals surface area contributed by atoms with Crippen molar-refractivity contribution in [2.24, 2.45) is 16.7 Å². The zero-order valence-electron chi connectivity index (χ0n) is 8.29. The normalized spacial score (nSPS) is 37.1. The lowest BCUT2D eigenvalue weighted by atomic mass is 9.82. The van der Waals surface area contributed by atoms with Crippen molar-refractivity contribution in [3.63, 3.8) is 0 Å². The number of aldehydes is 1. The number of rotatable bonds is 3. The predicted octanol–water partition coefficient (Wildman–Crippen LogP) is 1.62. The minimum Gasteiger partial charge on any atom is -0.393 e. The van der Waals surface area contributed by atoms with Gasteiger partial charge in [-0.25, -0.2) is 0 Å². The third kappa shape index (κ3) is 1.09. The van der Waals surface area contributed by atoms with Gasteiger partial charge in [-0.15, -0.1) is 0 Å². The van der Waals surface area contributed by atoms with Crippen LogP contribution in [0.5, 0.6) is 0 Å². The molecule has 3 unspecified atom stereocenters. The highest BCUT2D eigenvalue weighted by atomic mass is 16.3. The summed E-state index contributed by atoms with van der Waals surface area (Å²) >= 11 is 0. The Morgan fingerprint density at radius 1 is 1.42 bits per heavy atom. The summed E-state index contributed by atoms with van der Waals surface area (Å²) in [6.45, 7) is 7.87. The van der Waals surface area contributed by atoms with Gasteiger partial charge in [0.1, 0.15) is 6.29 Å². The quantitative estimate of drug-likeness (QED) is 0.653. The molecule has 0 bridgehead atoms. The standard InChI is InChI=1S/C10H18O2/c1-7(8(2)12)10(6-11)5-9(10,3)4/h6-8,12H,5H2,1-4H3. The molecule has 0 amide bonds. The molecule has 12 heavy (non-hydrogen) atoms. The van der Waals surface area contributed by atoms with E-state index in [0.29, 0.717) is 0 Å². The fourth-order valence-electron chi connectivity index (χ4n) is 2.20. The molecule has 1 fully saturated rings. The van der Waals surface area contributed by atoms with Crippen molar-refractivity contribution in [1.82, 2.24) is 0 Å². The van der Waals surface area contributed by atoms with Gasteiger partial charge in [-0.05, 0) is 24.7 Å². The molecule has 0 heterocycles. The van der Waals surface area contributed by atoms with E-state index in [-0.39, 0.29) is 16.7 Å². The predicted molar refractivity (Wildman–Crippen MR) is 47.7 cm³/mol. The monoisotopic (exact) mass is 170 g/mol. The Morgan fingerprint density at radius 3 is 1.92 bits per heavy atom. The second kappa shape index (κ2) is 2.56. The van der Waals surface area contributed by atoms with Gasteiger partial charge in [0, 0.05) is 5.41 Å². The molecule has 0 saturated heterocycles. The van der Waals surface area contributed by atoms with Gasteiger partial charge in [0.15, 0.2) is 0 Å². The van der Waals surface area contributed by atoms with E-state index in [1.807, 2.05) is 6.92 Å². The van der Waals surface area contributed by atoms with Gasteiger partial charge >= 0.3 is 0 Å². The Kier molecular flexibility index (Phi) is 2.07. The molecule has 3 atom stereocenters. The van der Waals surface area contributed by atoms with Gasteiger partial charge in [0.25, 0.3) is 0 Å². The van der Waals surface area contributed by atoms with E-state index in [2.05, 4.69) is 13.8 Å². The van der Waals surface area contributed by atoms with Crippen LogP contribution in [-0.4, -0.2) is 17.5 Å². The third-order valence-electron chi connectivity index (χ3n) is 3.62. The van der Waals surface area contributed by atoms with Gasteiger partial charge in [-0.3, -0.25) is 0 Å². The van der Waals surface area contributed by atoms with Crippen LogP contribution in [0.3, 0.4) is 0 Å². The van der Waals surface area contributed by atoms with Crippen molar-refractivity contribution < 1.29 is 9.90 Å². The molecule has 0 spiro atoms. The molecule has 1 rings (SSSR count). The summed E-state index contributed by atoms with van der Waals surface area (Å²) in [5.41, 5.74) is -0.174. The number of hydrogen-bond acceptors (Lipinski definition) is 2. The van der Waals surface area contributed by atoms with Gasteiger partial charge < -0.3 is 9.90 Å². The number of hydrogen-bond donors (Lipinski definition) is 1. The van der Waals surface area contributed by atoms with E-state index in [1.54, 1.807) is 6.92 Å². The average Bonchev–Trinajstić information content (AvgIpc) is 2.53. The molecule has 0 aromatic rings. The summed E-state index contributed by atoms with van der Waals surface area (Å²) in [5, 5.41) is 9.40. The molecule has 1 aliphatic rings. The molecule has 0 aromatic heterocycles. The Balaban J connectivity index is 2.79. The van der Waals surface area contributed by atoms with Crippen molar-refractivity contribution in [2.45, 2.75) is 40.2 Å². The molecule has 1 N–H and O–H groups in total. The van der Waals surface area contributed by atoms with Crippen molar-refractivity contribution in [1.29, 1.82) is 0 Å². The summed E-state index contributed by atoms with van der Waals surface area (Å²) in [6, 6.07) is 0. The molecule has 1 aliphatic carbocycles. The first kappa shape index (κ1) is 9.72. The van der Waals surface area contributed by atoms with Gasteiger partial charge in [-0.1, -0.05) is 20.8 Å². The first-order chi connectivity index (χ1) is 5.37. The van der Waals surface area contributed by atoms with Crippen LogP contribution in [0, 0.1) is 16.7 Å². The lowest BCUT2D eigenvalue weighted by Gasteiger charge is -2.24. The van der Waals surface area contributed by atoms with Crippen LogP contribution in [0.4, 0.5) is 0 Å². The van der Waals surface area contributed by atoms with Crippen molar-refractivity contribution >= 4 is 6.29 Å². The Morgan fingerprint density at radius 2 is 1.83 bits per heavy atom. The first-order valence-corrected chi connectivity index (χ1v) is 4.52. The molecule has 1 saturated carbocycles. The summed E-state index contributed by atoms with van der Waals surface area (Å²) in [6.07, 6.45) is 1.55. The summed E-state index contributed by atoms with van der Waals surface area (Å²) in [4.78, 5) is 10.9. The van der Waals surface area contributed by atoms with Gasteiger partial charge in [0.2, 0.25) is 0 Å². The minimum absolute atomic E-state index is 0.0741. The van der Waals surface area contributed by atoms with Crippen LogP contribution < -0.4 is 0 Å². The van der Waals surface area contributed by atoms with Crippen LogP contribution in [0.1, 0.15) is 34.1 Å². The molecular weight excluding hydrogens is 152 g/mol. The van der Waals surface area contributed by atoms with Crippen LogP contribution in [0.25, 0.3) is 0 Å². The molecule has 0 aliphatic heterocycles. The number of aliphatic hydroxyl groups is 1. The van der Waals surface area contributed by atoms with E-state index < -0.39 is 6.10 Å². The second-order valence-corrected chi connectivity index (χ2v) is 4.75. The average molecular weight is 170 g/mol. The number of aliphatic hydroxyl groups excluding tert-OH is 1. The third-order valence-corrected chi connectivity index (χ3v) is 3.62. The van der Waals surface area contributed by atoms with Crippen molar-refractivity contribution in [3.05, 3.63) is 0 Å². The lowest BCUT2D eigenvalue weighted by Crippen LogP contribution is -2.28. The Hall–Kier alpha value is -0.370. The zero-order chi connectivity index (χ0) is 9.57. The van der Waals surface area contributed by atoms with Gasteiger partial charge in [-0.2, -0.15) is 0 Å². The smallest absolute Gasteiger partial charge is 0.127 e. The van der Waals surface area contributed by atoms with Crippen molar-refractivity contribution in [3.8, 4) is 0 Å². The maximum Gasteiger partial charge on any atom is 0.127 e. The topological polar surface area (TPSA) is 37.3 Å². The van der Waals surface area contributed by atoms with E-state index in [9.17, 15) is 9.90 Å². The van der Waals surface area contributed by atoms with Crippen molar-refractivity contribution in [2.75, 3.05) is 0 Å². The van der Waals surface area contributed by atoms with Crippen LogP contribution in [0.2, 0.25) is 0 Å². The van der Waals surface area contributed by atoms with Crippen LogP contribution in [-0.2, 0) is 4.79 Å². The van der Waals surface area contributed by atoms with E-state index in [4.69, 9.17) is 0 Å². The molecular formula is C10H18O2. The zero-order valence-corrected chi connectivity index (χ0v) is 8.29. The van der Waals surface area contributed by atoms with Crippen LogP contribution >= 0.6 is 0 Å². The van der Waals surface area contributed by atoms with Crippen LogP contribution in [0.15, 0.2) is 0 Å². The van der Waals surface area contributed by atoms with E-state index in [1.165, 1.54) is 0 Å². The maximum atomic E-state index is 10.9. The summed E-state index contributed by atoms with van der Waals surface area (Å²) < 4.78 is 0. The van der Waals surface area contributed by atoms with E-state index in [0.717, 1.165) is 12.7 Å². The molecule has 2 nitrogen and oxygen atoms in total.